The summed E-state index contributed by atoms with van der Waals surface area (Å²) in [6, 6.07) is 0. The maximum atomic E-state index is 12.2. The lowest BCUT2D eigenvalue weighted by molar-refractivity contribution is -0.120. The van der Waals surface area contributed by atoms with Gasteiger partial charge in [-0.2, -0.15) is 4.37 Å². The van der Waals surface area contributed by atoms with Crippen LogP contribution in [0.3, 0.4) is 0 Å². The summed E-state index contributed by atoms with van der Waals surface area (Å²) in [4.78, 5) is 13.2. The highest BCUT2D eigenvalue weighted by Gasteiger charge is 2.29. The summed E-state index contributed by atoms with van der Waals surface area (Å²) in [7, 11) is -3.45. The number of nitrogens with two attached hydrogens (primary N) is 1. The molecule has 1 fully saturated rings. The van der Waals surface area contributed by atoms with Gasteiger partial charge in [0, 0.05) is 13.1 Å². The highest BCUT2D eigenvalue weighted by Crippen LogP contribution is 2.35. The van der Waals surface area contributed by atoms with Gasteiger partial charge in [0.05, 0.1) is 12.3 Å². The van der Waals surface area contributed by atoms with Crippen LogP contribution in [0.5, 0.6) is 0 Å². The summed E-state index contributed by atoms with van der Waals surface area (Å²) in [5.74, 6) is -0.0701. The van der Waals surface area contributed by atoms with Gasteiger partial charge < -0.3 is 16.0 Å². The van der Waals surface area contributed by atoms with Crippen LogP contribution in [0.4, 0.5) is 10.8 Å². The van der Waals surface area contributed by atoms with Crippen LogP contribution in [0.2, 0.25) is 0 Å². The normalized spacial score (nSPS) is 16.5. The third-order valence-electron chi connectivity index (χ3n) is 2.77. The van der Waals surface area contributed by atoms with Crippen molar-refractivity contribution < 1.29 is 13.2 Å². The van der Waals surface area contributed by atoms with E-state index in [0.717, 1.165) is 11.5 Å². The molecule has 0 spiro atoms. The molecule has 0 saturated carbocycles. The van der Waals surface area contributed by atoms with Crippen molar-refractivity contribution in [2.75, 3.05) is 36.0 Å². The Morgan fingerprint density at radius 1 is 1.53 bits per heavy atom. The molecule has 9 heteroatoms. The molecule has 0 radical (unpaired) electrons. The number of amides is 1. The highest BCUT2D eigenvalue weighted by atomic mass is 32.2. The second-order valence-corrected chi connectivity index (χ2v) is 7.09. The van der Waals surface area contributed by atoms with E-state index >= 15 is 0 Å². The first-order valence-corrected chi connectivity index (χ1v) is 8.38. The van der Waals surface area contributed by atoms with Crippen LogP contribution in [-0.4, -0.2) is 44.1 Å². The van der Waals surface area contributed by atoms with Crippen LogP contribution in [0, 0.1) is 0 Å². The van der Waals surface area contributed by atoms with Crippen molar-refractivity contribution in [3.05, 3.63) is 0 Å². The van der Waals surface area contributed by atoms with E-state index in [2.05, 4.69) is 9.69 Å². The number of carbonyl (C=O) groups is 1. The molecule has 0 unspecified atom stereocenters. The summed E-state index contributed by atoms with van der Waals surface area (Å²) >= 11 is 1.03. The van der Waals surface area contributed by atoms with Gasteiger partial charge in [0.2, 0.25) is 5.91 Å². The Morgan fingerprint density at radius 3 is 2.89 bits per heavy atom. The Hall–Kier alpha value is -1.35. The number of nitrogens with zero attached hydrogens (tertiary/aromatic N) is 2. The molecule has 0 bridgehead atoms. The van der Waals surface area contributed by atoms with E-state index in [0.29, 0.717) is 24.5 Å². The van der Waals surface area contributed by atoms with Crippen molar-refractivity contribution in [1.29, 1.82) is 0 Å². The minimum absolute atomic E-state index is 0.0273. The quantitative estimate of drug-likeness (QED) is 0.801. The van der Waals surface area contributed by atoms with E-state index < -0.39 is 9.84 Å². The molecule has 1 aromatic rings. The van der Waals surface area contributed by atoms with Gasteiger partial charge in [0.15, 0.2) is 15.7 Å². The Kier molecular flexibility index (Phi) is 3.95. The fourth-order valence-electron chi connectivity index (χ4n) is 1.96. The molecule has 0 atom stereocenters. The number of rotatable bonds is 4. The van der Waals surface area contributed by atoms with Gasteiger partial charge in [-0.3, -0.25) is 4.79 Å². The molecule has 2 rings (SSSR count). The van der Waals surface area contributed by atoms with Crippen molar-refractivity contribution in [3.63, 3.8) is 0 Å². The van der Waals surface area contributed by atoms with Crippen LogP contribution >= 0.6 is 11.5 Å². The molecule has 1 amide bonds. The first kappa shape index (κ1) is 14.1. The molecule has 7 nitrogen and oxygen atoms in total. The van der Waals surface area contributed by atoms with E-state index in [1.54, 1.807) is 11.8 Å². The van der Waals surface area contributed by atoms with Gasteiger partial charge in [0.1, 0.15) is 9.90 Å². The smallest absolute Gasteiger partial charge is 0.239 e. The first-order valence-electron chi connectivity index (χ1n) is 5.95. The number of hydrogen-bond acceptors (Lipinski definition) is 7. The zero-order valence-electron chi connectivity index (χ0n) is 10.5. The van der Waals surface area contributed by atoms with E-state index in [1.807, 2.05) is 0 Å². The van der Waals surface area contributed by atoms with E-state index in [4.69, 9.17) is 5.73 Å². The predicted octanol–water partition coefficient (Wildman–Crippen LogP) is -0.155. The number of hydrogen-bond donors (Lipinski definition) is 2. The monoisotopic (exact) mass is 304 g/mol. The highest BCUT2D eigenvalue weighted by molar-refractivity contribution is 7.91. The number of sulfone groups is 1. The Balaban J connectivity index is 2.40. The van der Waals surface area contributed by atoms with Gasteiger partial charge in [-0.25, -0.2) is 8.42 Å². The summed E-state index contributed by atoms with van der Waals surface area (Å²) in [5, 5.41) is 3.17. The fraction of sp³-hybridized carbons (Fsp3) is 0.600. The molecule has 1 aromatic heterocycles. The molecule has 0 aromatic carbocycles. The van der Waals surface area contributed by atoms with Crippen LogP contribution in [0.25, 0.3) is 0 Å². The third-order valence-corrected chi connectivity index (χ3v) is 5.79. The molecular weight excluding hydrogens is 288 g/mol. The van der Waals surface area contributed by atoms with Crippen molar-refractivity contribution in [1.82, 2.24) is 9.69 Å². The zero-order valence-corrected chi connectivity index (χ0v) is 12.2. The SMILES string of the molecule is CCCS(=O)(=O)c1c(N)nsc1N1CCNC(=O)C1. The first-order chi connectivity index (χ1) is 8.95. The second kappa shape index (κ2) is 5.33. The van der Waals surface area contributed by atoms with E-state index in [-0.39, 0.29) is 28.9 Å². The van der Waals surface area contributed by atoms with Crippen molar-refractivity contribution >= 4 is 38.1 Å². The number of nitrogen functional groups attached to an aromatic ring is 1. The van der Waals surface area contributed by atoms with Crippen molar-refractivity contribution in [3.8, 4) is 0 Å². The summed E-state index contributed by atoms with van der Waals surface area (Å²) in [5.41, 5.74) is 5.69. The number of anilines is 2. The fourth-order valence-corrected chi connectivity index (χ4v) is 4.75. The van der Waals surface area contributed by atoms with Crippen molar-refractivity contribution in [2.45, 2.75) is 18.2 Å². The molecule has 1 saturated heterocycles. The second-order valence-electron chi connectivity index (χ2n) is 4.29. The average Bonchev–Trinajstić information content (AvgIpc) is 2.72. The van der Waals surface area contributed by atoms with Crippen LogP contribution in [-0.2, 0) is 14.6 Å². The minimum atomic E-state index is -3.45. The van der Waals surface area contributed by atoms with Gasteiger partial charge >= 0.3 is 0 Å². The molecular formula is C10H16N4O3S2. The largest absolute Gasteiger partial charge is 0.382 e. The summed E-state index contributed by atoms with van der Waals surface area (Å²) in [6.07, 6.45) is 0.511. The molecule has 1 aliphatic heterocycles. The topological polar surface area (TPSA) is 105 Å². The Bertz CT molecular complexity index is 582. The summed E-state index contributed by atoms with van der Waals surface area (Å²) in [6.45, 7) is 2.98. The molecule has 106 valence electrons. The van der Waals surface area contributed by atoms with Gasteiger partial charge in [-0.15, -0.1) is 0 Å². The minimum Gasteiger partial charge on any atom is -0.382 e. The summed E-state index contributed by atoms with van der Waals surface area (Å²) < 4.78 is 28.4. The molecule has 19 heavy (non-hydrogen) atoms. The standard InChI is InChI=1S/C10H16N4O3S2/c1-2-5-19(16,17)8-9(11)13-18-10(8)14-4-3-12-7(15)6-14/h2-6H2,1H3,(H2,11,13)(H,12,15). The molecule has 1 aliphatic rings. The van der Waals surface area contributed by atoms with E-state index in [1.165, 1.54) is 0 Å². The maximum Gasteiger partial charge on any atom is 0.239 e. The van der Waals surface area contributed by atoms with Crippen molar-refractivity contribution in [2.24, 2.45) is 0 Å². The maximum absolute atomic E-state index is 12.2. The lowest BCUT2D eigenvalue weighted by Gasteiger charge is -2.27. The van der Waals surface area contributed by atoms with E-state index in [9.17, 15) is 13.2 Å². The molecule has 3 N–H and O–H groups in total. The predicted molar refractivity (Wildman–Crippen MR) is 74.1 cm³/mol. The third kappa shape index (κ3) is 2.81. The Labute approximate surface area is 115 Å². The molecule has 0 aliphatic carbocycles. The van der Waals surface area contributed by atoms with Crippen LogP contribution in [0.1, 0.15) is 13.3 Å². The van der Waals surface area contributed by atoms with Crippen LogP contribution in [0.15, 0.2) is 4.90 Å². The molecule has 2 heterocycles. The Morgan fingerprint density at radius 2 is 2.26 bits per heavy atom. The number of piperazine rings is 1. The lowest BCUT2D eigenvalue weighted by atomic mass is 10.3. The number of nitrogens with one attached hydrogen (secondary N) is 1. The van der Waals surface area contributed by atoms with Crippen LogP contribution < -0.4 is 16.0 Å². The number of aromatic nitrogens is 1. The average molecular weight is 304 g/mol. The zero-order chi connectivity index (χ0) is 14.0. The van der Waals surface area contributed by atoms with Gasteiger partial charge in [0.25, 0.3) is 0 Å². The number of carbonyl (C=O) groups excluding carboxylic acids is 1. The van der Waals surface area contributed by atoms with Gasteiger partial charge in [-0.1, -0.05) is 6.92 Å². The van der Waals surface area contributed by atoms with Gasteiger partial charge in [-0.05, 0) is 18.0 Å². The lowest BCUT2D eigenvalue weighted by Crippen LogP contribution is -2.47.